The van der Waals surface area contributed by atoms with Gasteiger partial charge in [0.1, 0.15) is 5.82 Å². The van der Waals surface area contributed by atoms with Gasteiger partial charge < -0.3 is 9.32 Å². The molecule has 1 aromatic heterocycles. The van der Waals surface area contributed by atoms with Gasteiger partial charge in [0, 0.05) is 23.9 Å². The van der Waals surface area contributed by atoms with Crippen LogP contribution in [0.3, 0.4) is 0 Å². The van der Waals surface area contributed by atoms with Crippen molar-refractivity contribution in [3.8, 4) is 11.3 Å². The highest BCUT2D eigenvalue weighted by Gasteiger charge is 2.36. The molecule has 1 unspecified atom stereocenters. The fourth-order valence-electron chi connectivity index (χ4n) is 3.61. The van der Waals surface area contributed by atoms with Crippen molar-refractivity contribution >= 4 is 17.5 Å². The highest BCUT2D eigenvalue weighted by Crippen LogP contribution is 2.37. The second-order valence-electron chi connectivity index (χ2n) is 7.33. The molecule has 1 aliphatic rings. The van der Waals surface area contributed by atoms with Gasteiger partial charge in [0.2, 0.25) is 5.91 Å². The summed E-state index contributed by atoms with van der Waals surface area (Å²) in [5.41, 5.74) is 1.32. The first-order chi connectivity index (χ1) is 14.0. The predicted molar refractivity (Wildman–Crippen MR) is 110 cm³/mol. The van der Waals surface area contributed by atoms with Crippen LogP contribution in [-0.4, -0.2) is 21.8 Å². The summed E-state index contributed by atoms with van der Waals surface area (Å²) in [6.45, 7) is 2.01. The normalized spacial score (nSPS) is 14.6. The number of aryl methyl sites for hydroxylation is 1. The molecular weight excluding hydrogens is 391 g/mol. The molecule has 29 heavy (non-hydrogen) atoms. The first-order valence-corrected chi connectivity index (χ1v) is 10.2. The lowest BCUT2D eigenvalue weighted by molar-refractivity contribution is -0.134. The molecular formula is C23H22ClFN2O2. The lowest BCUT2D eigenvalue weighted by atomic mass is 10.1. The average Bonchev–Trinajstić information content (AvgIpc) is 3.43. The van der Waals surface area contributed by atoms with E-state index in [2.05, 4.69) is 4.98 Å². The summed E-state index contributed by atoms with van der Waals surface area (Å²) in [6.07, 6.45) is 4.17. The Morgan fingerprint density at radius 3 is 2.69 bits per heavy atom. The zero-order chi connectivity index (χ0) is 20.4. The Kier molecular flexibility index (Phi) is 5.67. The third-order valence-corrected chi connectivity index (χ3v) is 5.59. The second-order valence-corrected chi connectivity index (χ2v) is 7.73. The second kappa shape index (κ2) is 8.37. The smallest absolute Gasteiger partial charge is 0.223 e. The third kappa shape index (κ3) is 4.35. The van der Waals surface area contributed by atoms with E-state index in [1.807, 2.05) is 36.1 Å². The molecule has 3 aromatic rings. The number of hydrogen-bond acceptors (Lipinski definition) is 3. The number of hydrogen-bond donors (Lipinski definition) is 0. The zero-order valence-corrected chi connectivity index (χ0v) is 16.9. The summed E-state index contributed by atoms with van der Waals surface area (Å²) in [4.78, 5) is 19.2. The summed E-state index contributed by atoms with van der Waals surface area (Å²) < 4.78 is 19.6. The van der Waals surface area contributed by atoms with Crippen molar-refractivity contribution in [2.45, 2.75) is 44.7 Å². The molecule has 6 heteroatoms. The maximum atomic E-state index is 13.9. The summed E-state index contributed by atoms with van der Waals surface area (Å²) in [5, 5.41) is 0.667. The Hall–Kier alpha value is -2.66. The van der Waals surface area contributed by atoms with Crippen LogP contribution in [-0.2, 0) is 11.2 Å². The van der Waals surface area contributed by atoms with Gasteiger partial charge in [-0.2, -0.15) is 0 Å². The van der Waals surface area contributed by atoms with Crippen molar-refractivity contribution in [3.05, 3.63) is 77.0 Å². The molecule has 2 aromatic carbocycles. The van der Waals surface area contributed by atoms with Gasteiger partial charge in [0.15, 0.2) is 11.7 Å². The van der Waals surface area contributed by atoms with Crippen molar-refractivity contribution in [3.63, 3.8) is 0 Å². The van der Waals surface area contributed by atoms with Gasteiger partial charge in [-0.1, -0.05) is 41.9 Å². The summed E-state index contributed by atoms with van der Waals surface area (Å²) in [7, 11) is 0. The van der Waals surface area contributed by atoms with Gasteiger partial charge in [0.05, 0.1) is 17.8 Å². The van der Waals surface area contributed by atoms with Gasteiger partial charge in [-0.15, -0.1) is 0 Å². The SMILES string of the molecule is CC(c1ccccc1Cl)N(C(=O)CCc1ncc(-c2ccccc2F)o1)C1CC1. The summed E-state index contributed by atoms with van der Waals surface area (Å²) in [5.74, 6) is 0.483. The van der Waals surface area contributed by atoms with Crippen LogP contribution in [0.4, 0.5) is 4.39 Å². The number of oxazole rings is 1. The van der Waals surface area contributed by atoms with Crippen LogP contribution in [0.5, 0.6) is 0 Å². The van der Waals surface area contributed by atoms with Crippen LogP contribution in [0.15, 0.2) is 59.1 Å². The van der Waals surface area contributed by atoms with Crippen molar-refractivity contribution in [1.82, 2.24) is 9.88 Å². The Labute approximate surface area is 174 Å². The van der Waals surface area contributed by atoms with E-state index in [1.54, 1.807) is 18.2 Å². The van der Waals surface area contributed by atoms with Crippen LogP contribution in [0, 0.1) is 5.82 Å². The number of benzene rings is 2. The van der Waals surface area contributed by atoms with E-state index in [1.165, 1.54) is 12.3 Å². The largest absolute Gasteiger partial charge is 0.441 e. The van der Waals surface area contributed by atoms with Crippen molar-refractivity contribution in [2.24, 2.45) is 0 Å². The monoisotopic (exact) mass is 412 g/mol. The molecule has 0 spiro atoms. The molecule has 150 valence electrons. The minimum Gasteiger partial charge on any atom is -0.441 e. The molecule has 0 aliphatic heterocycles. The Balaban J connectivity index is 1.44. The first kappa shape index (κ1) is 19.6. The van der Waals surface area contributed by atoms with Crippen molar-refractivity contribution < 1.29 is 13.6 Å². The van der Waals surface area contributed by atoms with E-state index in [0.717, 1.165) is 18.4 Å². The lowest BCUT2D eigenvalue weighted by Gasteiger charge is -2.30. The van der Waals surface area contributed by atoms with Gasteiger partial charge in [-0.05, 0) is 43.5 Å². The highest BCUT2D eigenvalue weighted by atomic mass is 35.5. The molecule has 1 saturated carbocycles. The van der Waals surface area contributed by atoms with Crippen LogP contribution in [0.25, 0.3) is 11.3 Å². The van der Waals surface area contributed by atoms with Gasteiger partial charge in [-0.3, -0.25) is 4.79 Å². The molecule has 4 nitrogen and oxygen atoms in total. The molecule has 0 N–H and O–H groups in total. The number of nitrogens with zero attached hydrogens (tertiary/aromatic N) is 2. The number of aromatic nitrogens is 1. The van der Waals surface area contributed by atoms with E-state index in [0.29, 0.717) is 28.7 Å². The third-order valence-electron chi connectivity index (χ3n) is 5.25. The molecule has 1 heterocycles. The van der Waals surface area contributed by atoms with E-state index < -0.39 is 0 Å². The topological polar surface area (TPSA) is 46.3 Å². The Morgan fingerprint density at radius 1 is 1.24 bits per heavy atom. The number of carbonyl (C=O) groups excluding carboxylic acids is 1. The van der Waals surface area contributed by atoms with Crippen molar-refractivity contribution in [1.29, 1.82) is 0 Å². The molecule has 4 rings (SSSR count). The van der Waals surface area contributed by atoms with Crippen LogP contribution in [0.2, 0.25) is 5.02 Å². The minimum absolute atomic E-state index is 0.0468. The van der Waals surface area contributed by atoms with Gasteiger partial charge in [0.25, 0.3) is 0 Å². The molecule has 0 saturated heterocycles. The van der Waals surface area contributed by atoms with E-state index in [-0.39, 0.29) is 30.2 Å². The molecule has 1 amide bonds. The van der Waals surface area contributed by atoms with Crippen LogP contribution in [0.1, 0.15) is 43.7 Å². The Morgan fingerprint density at radius 2 is 1.97 bits per heavy atom. The lowest BCUT2D eigenvalue weighted by Crippen LogP contribution is -2.35. The van der Waals surface area contributed by atoms with Crippen molar-refractivity contribution in [2.75, 3.05) is 0 Å². The predicted octanol–water partition coefficient (Wildman–Crippen LogP) is 5.82. The Bertz CT molecular complexity index is 1020. The number of halogens is 2. The summed E-state index contributed by atoms with van der Waals surface area (Å²) in [6, 6.07) is 14.2. The molecule has 0 radical (unpaired) electrons. The fraction of sp³-hybridized carbons (Fsp3) is 0.304. The molecule has 0 bridgehead atoms. The highest BCUT2D eigenvalue weighted by molar-refractivity contribution is 6.31. The van der Waals surface area contributed by atoms with Gasteiger partial charge >= 0.3 is 0 Å². The minimum atomic E-state index is -0.361. The van der Waals surface area contributed by atoms with E-state index in [4.69, 9.17) is 16.0 Å². The first-order valence-electron chi connectivity index (χ1n) is 9.80. The standard InChI is InChI=1S/C23H22ClFN2O2/c1-15(17-6-2-4-8-19(17)24)27(16-10-11-16)23(28)13-12-22-26-14-21(29-22)18-7-3-5-9-20(18)25/h2-9,14-16H,10-13H2,1H3. The number of amides is 1. The number of rotatable bonds is 7. The van der Waals surface area contributed by atoms with E-state index in [9.17, 15) is 9.18 Å². The van der Waals surface area contributed by atoms with Crippen LogP contribution < -0.4 is 0 Å². The number of carbonyl (C=O) groups is 1. The van der Waals surface area contributed by atoms with Gasteiger partial charge in [-0.25, -0.2) is 9.37 Å². The maximum Gasteiger partial charge on any atom is 0.223 e. The zero-order valence-electron chi connectivity index (χ0n) is 16.1. The average molecular weight is 413 g/mol. The fourth-order valence-corrected chi connectivity index (χ4v) is 3.90. The van der Waals surface area contributed by atoms with Crippen LogP contribution >= 0.6 is 11.6 Å². The summed E-state index contributed by atoms with van der Waals surface area (Å²) >= 11 is 6.35. The molecule has 1 aliphatic carbocycles. The van der Waals surface area contributed by atoms with E-state index >= 15 is 0 Å². The quantitative estimate of drug-likeness (QED) is 0.491. The maximum absolute atomic E-state index is 13.9. The molecule has 1 atom stereocenters. The molecule has 1 fully saturated rings.